The summed E-state index contributed by atoms with van der Waals surface area (Å²) in [4.78, 5) is 24.9. The first-order valence-electron chi connectivity index (χ1n) is 9.78. The van der Waals surface area contributed by atoms with E-state index in [1.165, 1.54) is 4.90 Å². The van der Waals surface area contributed by atoms with Crippen molar-refractivity contribution in [2.75, 3.05) is 32.8 Å². The highest BCUT2D eigenvalue weighted by atomic mass is 32.5. The van der Waals surface area contributed by atoms with Crippen molar-refractivity contribution < 1.29 is 42.9 Å². The van der Waals surface area contributed by atoms with Crippen molar-refractivity contribution in [2.45, 2.75) is 36.2 Å². The lowest BCUT2D eigenvalue weighted by Crippen LogP contribution is -2.65. The smallest absolute Gasteiger partial charge is 0.320 e. The third-order valence-electron chi connectivity index (χ3n) is 5.66. The molecule has 0 aliphatic carbocycles. The first-order valence-corrected chi connectivity index (χ1v) is 11.7. The van der Waals surface area contributed by atoms with Gasteiger partial charge < -0.3 is 24.6 Å². The fourth-order valence-electron chi connectivity index (χ4n) is 3.87. The lowest BCUT2D eigenvalue weighted by Gasteiger charge is -2.46. The number of likely N-dealkylation sites (tertiary alicyclic amines) is 2. The largest absolute Gasteiger partial charge is 0.370 e. The average Bonchev–Trinajstić information content (AvgIpc) is 2.65. The number of ether oxygens (including phenoxy) is 2. The highest BCUT2D eigenvalue weighted by Crippen LogP contribution is 3.02. The Kier molecular flexibility index (Phi) is 5.14. The van der Waals surface area contributed by atoms with Crippen molar-refractivity contribution >= 4 is 22.2 Å². The van der Waals surface area contributed by atoms with Crippen molar-refractivity contribution in [3.8, 4) is 0 Å². The van der Waals surface area contributed by atoms with Gasteiger partial charge in [-0.05, 0) is 18.6 Å². The van der Waals surface area contributed by atoms with Crippen molar-refractivity contribution in [1.29, 1.82) is 0 Å². The minimum absolute atomic E-state index is 0.00354. The van der Waals surface area contributed by atoms with Gasteiger partial charge in [0.05, 0.1) is 37.9 Å². The third-order valence-corrected chi connectivity index (χ3v) is 6.80. The molecule has 0 unspecified atom stereocenters. The molecule has 1 aromatic rings. The lowest BCUT2D eigenvalue weighted by molar-refractivity contribution is -0.140. The SMILES string of the molecule is O=C1CO[C@H]2CCN(C(=O)N3CC(OCc4ccc(S(F)(F)(F)(F)F)cc4F)C3)C[C@H]2N1. The van der Waals surface area contributed by atoms with Crippen LogP contribution in [0, 0.1) is 5.82 Å². The maximum Gasteiger partial charge on any atom is 0.320 e. The molecule has 4 rings (SSSR count). The molecule has 3 aliphatic rings. The van der Waals surface area contributed by atoms with E-state index >= 15 is 0 Å². The molecule has 3 fully saturated rings. The van der Waals surface area contributed by atoms with Crippen LogP contribution in [0.1, 0.15) is 12.0 Å². The standard InChI is InChI=1S/C18H21F6N3O4S/c19-14-5-13(32(20,21,22,23)24)2-1-11(14)9-30-12-6-27(7-12)18(29)26-4-3-16-15(8-26)25-17(28)10-31-16/h1-2,5,12,15-16H,3-4,6-10H2,(H,25,28)/t15-,16+/m1/s1. The topological polar surface area (TPSA) is 71.1 Å². The first kappa shape index (κ1) is 23.0. The summed E-state index contributed by atoms with van der Waals surface area (Å²) in [6.07, 6.45) is -0.0211. The first-order chi connectivity index (χ1) is 14.7. The summed E-state index contributed by atoms with van der Waals surface area (Å²) in [6.45, 7) is 0.733. The third kappa shape index (κ3) is 4.91. The Labute approximate surface area is 179 Å². The number of fused-ring (bicyclic) bond motifs is 1. The van der Waals surface area contributed by atoms with Gasteiger partial charge >= 0.3 is 16.3 Å². The predicted molar refractivity (Wildman–Crippen MR) is 101 cm³/mol. The second-order valence-electron chi connectivity index (χ2n) is 8.10. The Morgan fingerprint density at radius 1 is 1.16 bits per heavy atom. The number of piperidine rings is 1. The number of hydrogen-bond donors (Lipinski definition) is 1. The Hall–Kier alpha value is -2.19. The predicted octanol–water partition coefficient (Wildman–Crippen LogP) is 3.39. The number of morpholine rings is 1. The summed E-state index contributed by atoms with van der Waals surface area (Å²) < 4.78 is 88.5. The second-order valence-corrected chi connectivity index (χ2v) is 10.5. The lowest BCUT2D eigenvalue weighted by atomic mass is 10.0. The van der Waals surface area contributed by atoms with Gasteiger partial charge in [-0.2, -0.15) is 0 Å². The fraction of sp³-hybridized carbons (Fsp3) is 0.556. The minimum Gasteiger partial charge on any atom is -0.370 e. The van der Waals surface area contributed by atoms with Crippen molar-refractivity contribution in [2.24, 2.45) is 0 Å². The Morgan fingerprint density at radius 3 is 2.53 bits per heavy atom. The molecule has 0 spiro atoms. The zero-order chi connectivity index (χ0) is 23.4. The van der Waals surface area contributed by atoms with Gasteiger partial charge in [0.1, 0.15) is 17.3 Å². The van der Waals surface area contributed by atoms with Gasteiger partial charge in [0, 0.05) is 18.7 Å². The van der Waals surface area contributed by atoms with Gasteiger partial charge in [0.2, 0.25) is 5.91 Å². The highest BCUT2D eigenvalue weighted by Gasteiger charge is 2.65. The molecular formula is C18H21F6N3O4S. The number of nitrogens with zero attached hydrogens (tertiary/aromatic N) is 2. The number of hydrogen-bond acceptors (Lipinski definition) is 4. The molecule has 180 valence electrons. The molecule has 3 saturated heterocycles. The number of rotatable bonds is 4. The van der Waals surface area contributed by atoms with E-state index in [4.69, 9.17) is 9.47 Å². The number of amides is 3. The van der Waals surface area contributed by atoms with E-state index in [2.05, 4.69) is 5.32 Å². The van der Waals surface area contributed by atoms with Crippen LogP contribution in [-0.2, 0) is 20.9 Å². The van der Waals surface area contributed by atoms with Crippen molar-refractivity contribution in [3.63, 3.8) is 0 Å². The zero-order valence-electron chi connectivity index (χ0n) is 16.6. The zero-order valence-corrected chi connectivity index (χ0v) is 17.4. The molecule has 3 aliphatic heterocycles. The summed E-state index contributed by atoms with van der Waals surface area (Å²) in [5, 5.41) is 2.80. The maximum absolute atomic E-state index is 13.9. The van der Waals surface area contributed by atoms with Crippen LogP contribution in [0.15, 0.2) is 23.1 Å². The van der Waals surface area contributed by atoms with Crippen LogP contribution in [-0.4, -0.2) is 72.8 Å². The molecule has 3 heterocycles. The average molecular weight is 489 g/mol. The molecule has 0 radical (unpaired) electrons. The minimum atomic E-state index is -9.95. The van der Waals surface area contributed by atoms with Crippen LogP contribution in [0.5, 0.6) is 0 Å². The molecular weight excluding hydrogens is 468 g/mol. The fourth-order valence-corrected chi connectivity index (χ4v) is 4.52. The van der Waals surface area contributed by atoms with Crippen LogP contribution >= 0.6 is 10.2 Å². The van der Waals surface area contributed by atoms with Crippen LogP contribution < -0.4 is 5.32 Å². The highest BCUT2D eigenvalue weighted by molar-refractivity contribution is 8.45. The molecule has 3 amide bonds. The van der Waals surface area contributed by atoms with Crippen molar-refractivity contribution in [1.82, 2.24) is 15.1 Å². The van der Waals surface area contributed by atoms with Crippen LogP contribution in [0.2, 0.25) is 0 Å². The van der Waals surface area contributed by atoms with Crippen LogP contribution in [0.25, 0.3) is 0 Å². The Bertz CT molecular complexity index is 941. The summed E-state index contributed by atoms with van der Waals surface area (Å²) >= 11 is 0. The van der Waals surface area contributed by atoms with Crippen molar-refractivity contribution in [3.05, 3.63) is 29.6 Å². The molecule has 0 bridgehead atoms. The van der Waals surface area contributed by atoms with Gasteiger partial charge in [-0.25, -0.2) is 9.18 Å². The van der Waals surface area contributed by atoms with E-state index in [1.54, 1.807) is 4.90 Å². The van der Waals surface area contributed by atoms with Crippen LogP contribution in [0.3, 0.4) is 0 Å². The quantitative estimate of drug-likeness (QED) is 0.659. The molecule has 7 nitrogen and oxygen atoms in total. The molecule has 1 aromatic carbocycles. The number of urea groups is 1. The number of nitrogens with one attached hydrogen (secondary N) is 1. The monoisotopic (exact) mass is 489 g/mol. The van der Waals surface area contributed by atoms with E-state index in [0.29, 0.717) is 25.6 Å². The van der Waals surface area contributed by atoms with E-state index in [1.807, 2.05) is 0 Å². The van der Waals surface area contributed by atoms with E-state index in [-0.39, 0.29) is 61.5 Å². The number of halogens is 6. The Balaban J connectivity index is 1.26. The summed E-state index contributed by atoms with van der Waals surface area (Å²) in [5.74, 6) is -1.68. The van der Waals surface area contributed by atoms with Gasteiger partial charge in [0.15, 0.2) is 0 Å². The van der Waals surface area contributed by atoms with Gasteiger partial charge in [-0.15, -0.1) is 0 Å². The maximum atomic E-state index is 13.9. The number of benzene rings is 1. The van der Waals surface area contributed by atoms with Gasteiger partial charge in [0.25, 0.3) is 0 Å². The van der Waals surface area contributed by atoms with E-state index in [0.717, 1.165) is 0 Å². The van der Waals surface area contributed by atoms with E-state index in [9.17, 15) is 33.4 Å². The molecule has 32 heavy (non-hydrogen) atoms. The molecule has 2 atom stereocenters. The summed E-state index contributed by atoms with van der Waals surface area (Å²) in [7, 11) is -9.95. The van der Waals surface area contributed by atoms with Crippen LogP contribution in [0.4, 0.5) is 28.6 Å². The summed E-state index contributed by atoms with van der Waals surface area (Å²) in [6, 6.07) is -0.00521. The molecule has 14 heteroatoms. The Morgan fingerprint density at radius 2 is 1.88 bits per heavy atom. The van der Waals surface area contributed by atoms with Gasteiger partial charge in [-0.1, -0.05) is 25.5 Å². The molecule has 1 N–H and O–H groups in total. The summed E-state index contributed by atoms with van der Waals surface area (Å²) in [5.41, 5.74) is -0.296. The van der Waals surface area contributed by atoms with Gasteiger partial charge in [-0.3, -0.25) is 4.79 Å². The number of carbonyl (C=O) groups excluding carboxylic acids is 2. The normalized spacial score (nSPS) is 26.5. The second kappa shape index (κ2) is 7.15. The molecule has 0 aromatic heterocycles. The molecule has 0 saturated carbocycles. The number of carbonyl (C=O) groups is 2. The van der Waals surface area contributed by atoms with E-state index < -0.39 is 33.6 Å².